The summed E-state index contributed by atoms with van der Waals surface area (Å²) in [6.07, 6.45) is 1.52. The molecule has 1 fully saturated rings. The standard InChI is InChI=1S/C18H20N2O6/c1-24-14-4-2-13(3-5-14)18(8-10-25-11-9-18)12-19-17(21)15-6-7-16(26-15)20(22)23/h2-7H,8-12H2,1H3,(H,19,21). The van der Waals surface area contributed by atoms with E-state index in [1.54, 1.807) is 7.11 Å². The van der Waals surface area contributed by atoms with Crippen molar-refractivity contribution in [1.82, 2.24) is 5.32 Å². The van der Waals surface area contributed by atoms with Crippen LogP contribution in [0.1, 0.15) is 29.0 Å². The smallest absolute Gasteiger partial charge is 0.433 e. The molecule has 0 spiro atoms. The van der Waals surface area contributed by atoms with Gasteiger partial charge >= 0.3 is 5.88 Å². The summed E-state index contributed by atoms with van der Waals surface area (Å²) in [6, 6.07) is 10.2. The van der Waals surface area contributed by atoms with Gasteiger partial charge in [0.1, 0.15) is 10.7 Å². The molecular formula is C18H20N2O6. The average Bonchev–Trinajstić information content (AvgIpc) is 3.18. The summed E-state index contributed by atoms with van der Waals surface area (Å²) in [5, 5.41) is 13.5. The number of rotatable bonds is 6. The van der Waals surface area contributed by atoms with Crippen LogP contribution < -0.4 is 10.1 Å². The maximum absolute atomic E-state index is 12.3. The van der Waals surface area contributed by atoms with Crippen molar-refractivity contribution in [3.63, 3.8) is 0 Å². The molecule has 1 N–H and O–H groups in total. The molecule has 0 bridgehead atoms. The van der Waals surface area contributed by atoms with E-state index < -0.39 is 16.7 Å². The van der Waals surface area contributed by atoms with Crippen LogP contribution in [0.3, 0.4) is 0 Å². The van der Waals surface area contributed by atoms with E-state index in [9.17, 15) is 14.9 Å². The zero-order valence-electron chi connectivity index (χ0n) is 14.4. The lowest BCUT2D eigenvalue weighted by Crippen LogP contribution is -2.44. The molecule has 3 rings (SSSR count). The van der Waals surface area contributed by atoms with Crippen LogP contribution in [-0.4, -0.2) is 37.7 Å². The van der Waals surface area contributed by atoms with Crippen LogP contribution in [0, 0.1) is 10.1 Å². The minimum atomic E-state index is -0.673. The number of amides is 1. The fraction of sp³-hybridized carbons (Fsp3) is 0.389. The predicted octanol–water partition coefficient (Wildman–Crippen LogP) is 2.67. The summed E-state index contributed by atoms with van der Waals surface area (Å²) < 4.78 is 15.6. The van der Waals surface area contributed by atoms with E-state index in [1.165, 1.54) is 12.1 Å². The van der Waals surface area contributed by atoms with Gasteiger partial charge in [-0.2, -0.15) is 0 Å². The quantitative estimate of drug-likeness (QED) is 0.627. The molecule has 2 aromatic rings. The van der Waals surface area contributed by atoms with E-state index in [0.717, 1.165) is 24.2 Å². The molecule has 1 saturated heterocycles. The lowest BCUT2D eigenvalue weighted by Gasteiger charge is -2.38. The Labute approximate surface area is 150 Å². The second kappa shape index (κ2) is 7.57. The highest BCUT2D eigenvalue weighted by molar-refractivity contribution is 5.91. The van der Waals surface area contributed by atoms with Gasteiger partial charge in [0.2, 0.25) is 0 Å². The second-order valence-electron chi connectivity index (χ2n) is 6.20. The van der Waals surface area contributed by atoms with Crippen molar-refractivity contribution in [3.05, 3.63) is 57.8 Å². The molecule has 0 aliphatic carbocycles. The molecule has 1 aliphatic heterocycles. The van der Waals surface area contributed by atoms with Crippen molar-refractivity contribution in [2.75, 3.05) is 26.9 Å². The molecule has 1 amide bonds. The van der Waals surface area contributed by atoms with Crippen LogP contribution in [0.4, 0.5) is 5.88 Å². The molecule has 0 saturated carbocycles. The van der Waals surface area contributed by atoms with Crippen molar-refractivity contribution in [3.8, 4) is 5.75 Å². The number of nitro groups is 1. The third-order valence-electron chi connectivity index (χ3n) is 4.74. The maximum atomic E-state index is 12.3. The fourth-order valence-electron chi connectivity index (χ4n) is 3.16. The fourth-order valence-corrected chi connectivity index (χ4v) is 3.16. The van der Waals surface area contributed by atoms with Crippen LogP contribution in [0.5, 0.6) is 5.75 Å². The minimum absolute atomic E-state index is 0.0753. The normalized spacial score (nSPS) is 16.0. The molecule has 0 atom stereocenters. The summed E-state index contributed by atoms with van der Waals surface area (Å²) in [6.45, 7) is 1.60. The van der Waals surface area contributed by atoms with Gasteiger partial charge in [0.05, 0.1) is 13.2 Å². The van der Waals surface area contributed by atoms with Gasteiger partial charge in [0.15, 0.2) is 5.76 Å². The molecule has 2 heterocycles. The Bertz CT molecular complexity index is 777. The summed E-state index contributed by atoms with van der Waals surface area (Å²) in [7, 11) is 1.61. The number of benzene rings is 1. The van der Waals surface area contributed by atoms with Gasteiger partial charge < -0.3 is 19.2 Å². The average molecular weight is 360 g/mol. The summed E-state index contributed by atoms with van der Waals surface area (Å²) >= 11 is 0. The highest BCUT2D eigenvalue weighted by Crippen LogP contribution is 2.35. The predicted molar refractivity (Wildman–Crippen MR) is 92.4 cm³/mol. The lowest BCUT2D eigenvalue weighted by molar-refractivity contribution is -0.402. The first-order valence-electron chi connectivity index (χ1n) is 8.29. The van der Waals surface area contributed by atoms with Crippen molar-refractivity contribution in [2.24, 2.45) is 0 Å². The van der Waals surface area contributed by atoms with E-state index in [4.69, 9.17) is 13.9 Å². The highest BCUT2D eigenvalue weighted by atomic mass is 16.6. The van der Waals surface area contributed by atoms with Crippen LogP contribution in [0.2, 0.25) is 0 Å². The Balaban J connectivity index is 1.75. The van der Waals surface area contributed by atoms with Gasteiger partial charge in [0, 0.05) is 25.2 Å². The lowest BCUT2D eigenvalue weighted by atomic mass is 9.74. The molecule has 1 aromatic heterocycles. The molecule has 8 heteroatoms. The number of carbonyl (C=O) groups excluding carboxylic acids is 1. The van der Waals surface area contributed by atoms with Gasteiger partial charge in [-0.15, -0.1) is 0 Å². The SMILES string of the molecule is COc1ccc(C2(CNC(=O)c3ccc([N+](=O)[O-])o3)CCOCC2)cc1. The van der Waals surface area contributed by atoms with Crippen molar-refractivity contribution in [1.29, 1.82) is 0 Å². The van der Waals surface area contributed by atoms with E-state index >= 15 is 0 Å². The van der Waals surface area contributed by atoms with E-state index in [1.807, 2.05) is 24.3 Å². The summed E-state index contributed by atoms with van der Waals surface area (Å²) in [5.41, 5.74) is 0.825. The van der Waals surface area contributed by atoms with Crippen molar-refractivity contribution >= 4 is 11.8 Å². The topological polar surface area (TPSA) is 104 Å². The number of methoxy groups -OCH3 is 1. The molecule has 0 unspecified atom stereocenters. The second-order valence-corrected chi connectivity index (χ2v) is 6.20. The van der Waals surface area contributed by atoms with E-state index in [-0.39, 0.29) is 11.2 Å². The first-order chi connectivity index (χ1) is 12.5. The number of hydrogen-bond donors (Lipinski definition) is 1. The zero-order chi connectivity index (χ0) is 18.6. The number of hydrogen-bond acceptors (Lipinski definition) is 6. The van der Waals surface area contributed by atoms with Crippen LogP contribution in [0.25, 0.3) is 0 Å². The largest absolute Gasteiger partial charge is 0.497 e. The molecule has 8 nitrogen and oxygen atoms in total. The number of ether oxygens (including phenoxy) is 2. The van der Waals surface area contributed by atoms with Crippen LogP contribution >= 0.6 is 0 Å². The number of furan rings is 1. The molecular weight excluding hydrogens is 340 g/mol. The van der Waals surface area contributed by atoms with Gasteiger partial charge in [0.25, 0.3) is 5.91 Å². The Morgan fingerprint density at radius 2 is 1.92 bits per heavy atom. The van der Waals surface area contributed by atoms with Crippen molar-refractivity contribution < 1.29 is 23.6 Å². The first-order valence-corrected chi connectivity index (χ1v) is 8.29. The Morgan fingerprint density at radius 3 is 2.50 bits per heavy atom. The molecule has 1 aromatic carbocycles. The maximum Gasteiger partial charge on any atom is 0.433 e. The Hall–Kier alpha value is -2.87. The number of nitrogens with one attached hydrogen (secondary N) is 1. The molecule has 138 valence electrons. The number of carbonyl (C=O) groups is 1. The van der Waals surface area contributed by atoms with Crippen LogP contribution in [-0.2, 0) is 10.2 Å². The zero-order valence-corrected chi connectivity index (χ0v) is 14.4. The number of nitrogens with zero attached hydrogens (tertiary/aromatic N) is 1. The third-order valence-corrected chi connectivity index (χ3v) is 4.74. The van der Waals surface area contributed by atoms with Gasteiger partial charge in [-0.25, -0.2) is 0 Å². The van der Waals surface area contributed by atoms with Gasteiger partial charge in [-0.3, -0.25) is 14.9 Å². The van der Waals surface area contributed by atoms with Gasteiger partial charge in [-0.1, -0.05) is 12.1 Å². The Kier molecular flexibility index (Phi) is 5.22. The van der Waals surface area contributed by atoms with E-state index in [2.05, 4.69) is 5.32 Å². The van der Waals surface area contributed by atoms with Crippen molar-refractivity contribution in [2.45, 2.75) is 18.3 Å². The van der Waals surface area contributed by atoms with E-state index in [0.29, 0.717) is 19.8 Å². The molecule has 26 heavy (non-hydrogen) atoms. The summed E-state index contributed by atoms with van der Waals surface area (Å²) in [5.74, 6) is -0.236. The van der Waals surface area contributed by atoms with Crippen LogP contribution in [0.15, 0.2) is 40.8 Å². The van der Waals surface area contributed by atoms with Gasteiger partial charge in [-0.05, 0) is 36.6 Å². The first kappa shape index (κ1) is 17.9. The molecule has 1 aliphatic rings. The minimum Gasteiger partial charge on any atom is -0.497 e. The Morgan fingerprint density at radius 1 is 1.23 bits per heavy atom. The third kappa shape index (κ3) is 3.70. The molecule has 0 radical (unpaired) electrons. The highest BCUT2D eigenvalue weighted by Gasteiger charge is 2.35. The monoisotopic (exact) mass is 360 g/mol. The summed E-state index contributed by atoms with van der Waals surface area (Å²) in [4.78, 5) is 22.3.